The molecule has 32 heavy (non-hydrogen) atoms. The summed E-state index contributed by atoms with van der Waals surface area (Å²) in [6.07, 6.45) is 6.93. The minimum Gasteiger partial charge on any atom is -0.465 e. The summed E-state index contributed by atoms with van der Waals surface area (Å²) in [5, 5.41) is 1.16. The number of ether oxygens (including phenoxy) is 1. The van der Waals surface area contributed by atoms with E-state index >= 15 is 0 Å². The second-order valence-electron chi connectivity index (χ2n) is 8.01. The molecular formula is C29H27NO2. The summed E-state index contributed by atoms with van der Waals surface area (Å²) in [6.45, 7) is 2.09. The molecular weight excluding hydrogens is 394 g/mol. The monoisotopic (exact) mass is 421 g/mol. The van der Waals surface area contributed by atoms with Crippen LogP contribution in [0.3, 0.4) is 0 Å². The number of methoxy groups -OCH3 is 1. The van der Waals surface area contributed by atoms with E-state index in [1.807, 2.05) is 24.3 Å². The van der Waals surface area contributed by atoms with Crippen molar-refractivity contribution in [3.05, 3.63) is 112 Å². The maximum absolute atomic E-state index is 12.0. The summed E-state index contributed by atoms with van der Waals surface area (Å²) in [6, 6.07) is 26.7. The molecule has 0 fully saturated rings. The lowest BCUT2D eigenvalue weighted by atomic mass is 9.99. The van der Waals surface area contributed by atoms with Crippen molar-refractivity contribution in [3.63, 3.8) is 0 Å². The van der Waals surface area contributed by atoms with Gasteiger partial charge in [-0.2, -0.15) is 0 Å². The van der Waals surface area contributed by atoms with Gasteiger partial charge in [0.2, 0.25) is 0 Å². The molecule has 160 valence electrons. The van der Waals surface area contributed by atoms with Gasteiger partial charge >= 0.3 is 5.97 Å². The first-order valence-electron chi connectivity index (χ1n) is 10.9. The first-order chi connectivity index (χ1) is 15.6. The zero-order chi connectivity index (χ0) is 22.3. The Hall–Kier alpha value is -3.72. The number of nitrogens with zero attached hydrogens (tertiary/aromatic N) is 1. The van der Waals surface area contributed by atoms with Gasteiger partial charge in [0.25, 0.3) is 0 Å². The number of hydrogen-bond donors (Lipinski definition) is 0. The minimum absolute atomic E-state index is 0.273. The molecule has 0 spiro atoms. The Kier molecular flexibility index (Phi) is 6.76. The van der Waals surface area contributed by atoms with Gasteiger partial charge in [-0.1, -0.05) is 66.7 Å². The Morgan fingerprint density at radius 1 is 0.906 bits per heavy atom. The Morgan fingerprint density at radius 2 is 1.75 bits per heavy atom. The van der Waals surface area contributed by atoms with Crippen LogP contribution in [-0.4, -0.2) is 18.1 Å². The van der Waals surface area contributed by atoms with Crippen molar-refractivity contribution in [1.82, 2.24) is 4.98 Å². The number of pyridine rings is 1. The van der Waals surface area contributed by atoms with Crippen molar-refractivity contribution in [2.75, 3.05) is 7.11 Å². The number of hydrogen-bond acceptors (Lipinski definition) is 3. The number of carbonyl (C=O) groups excluding carboxylic acids is 1. The summed E-state index contributed by atoms with van der Waals surface area (Å²) in [7, 11) is 1.42. The fourth-order valence-electron chi connectivity index (χ4n) is 3.90. The standard InChI is InChI=1S/C29H27NO2/c1-21-13-15-25-16-18-26(30-28(25)19-21)17-14-23-8-5-7-22(20-23)9-6-11-24-10-3-4-12-27(24)29(31)32-2/h3-5,7-8,10,12-20H,6,9,11H2,1-2H3/b17-14+. The van der Waals surface area contributed by atoms with Crippen LogP contribution in [0.4, 0.5) is 0 Å². The van der Waals surface area contributed by atoms with Crippen molar-refractivity contribution in [2.24, 2.45) is 0 Å². The Balaban J connectivity index is 1.41. The Bertz CT molecular complexity index is 1270. The molecule has 0 aliphatic heterocycles. The summed E-state index contributed by atoms with van der Waals surface area (Å²) in [5.41, 5.74) is 7.32. The largest absolute Gasteiger partial charge is 0.465 e. The third-order valence-corrected chi connectivity index (χ3v) is 5.60. The number of carbonyl (C=O) groups is 1. The molecule has 0 aliphatic carbocycles. The molecule has 0 unspecified atom stereocenters. The van der Waals surface area contributed by atoms with Gasteiger partial charge in [-0.15, -0.1) is 0 Å². The van der Waals surface area contributed by atoms with Crippen LogP contribution in [0.2, 0.25) is 0 Å². The lowest BCUT2D eigenvalue weighted by Gasteiger charge is -2.08. The van der Waals surface area contributed by atoms with Gasteiger partial charge in [0, 0.05) is 5.39 Å². The van der Waals surface area contributed by atoms with E-state index in [-0.39, 0.29) is 5.97 Å². The number of fused-ring (bicyclic) bond motifs is 1. The summed E-state index contributed by atoms with van der Waals surface area (Å²) in [4.78, 5) is 16.7. The molecule has 0 radical (unpaired) electrons. The average molecular weight is 422 g/mol. The third kappa shape index (κ3) is 5.30. The minimum atomic E-state index is -0.273. The predicted molar refractivity (Wildman–Crippen MR) is 132 cm³/mol. The van der Waals surface area contributed by atoms with Crippen LogP contribution in [-0.2, 0) is 17.6 Å². The van der Waals surface area contributed by atoms with Gasteiger partial charge in [-0.25, -0.2) is 9.78 Å². The lowest BCUT2D eigenvalue weighted by Crippen LogP contribution is -2.05. The third-order valence-electron chi connectivity index (χ3n) is 5.60. The molecule has 1 aromatic heterocycles. The quantitative estimate of drug-likeness (QED) is 0.313. The zero-order valence-corrected chi connectivity index (χ0v) is 18.5. The average Bonchev–Trinajstić information content (AvgIpc) is 2.82. The molecule has 0 bridgehead atoms. The SMILES string of the molecule is COC(=O)c1ccccc1CCCc1cccc(/C=C/c2ccc3ccc(C)cc3n2)c1. The van der Waals surface area contributed by atoms with Gasteiger partial charge in [-0.05, 0) is 72.7 Å². The zero-order valence-electron chi connectivity index (χ0n) is 18.5. The summed E-state index contributed by atoms with van der Waals surface area (Å²) in [5.74, 6) is -0.273. The maximum Gasteiger partial charge on any atom is 0.338 e. The van der Waals surface area contributed by atoms with Gasteiger partial charge in [0.15, 0.2) is 0 Å². The van der Waals surface area contributed by atoms with Gasteiger partial charge in [-0.3, -0.25) is 0 Å². The highest BCUT2D eigenvalue weighted by atomic mass is 16.5. The van der Waals surface area contributed by atoms with Crippen LogP contribution >= 0.6 is 0 Å². The molecule has 3 aromatic carbocycles. The fourth-order valence-corrected chi connectivity index (χ4v) is 3.90. The fraction of sp³-hybridized carbons (Fsp3) is 0.172. The highest BCUT2D eigenvalue weighted by Crippen LogP contribution is 2.18. The lowest BCUT2D eigenvalue weighted by molar-refractivity contribution is 0.0599. The molecule has 3 heteroatoms. The second kappa shape index (κ2) is 10.1. The van der Waals surface area contributed by atoms with E-state index in [2.05, 4.69) is 73.7 Å². The van der Waals surface area contributed by atoms with Gasteiger partial charge < -0.3 is 4.74 Å². The molecule has 0 amide bonds. The molecule has 0 atom stereocenters. The van der Waals surface area contributed by atoms with Crippen LogP contribution in [0.15, 0.2) is 78.9 Å². The Labute approximate surface area is 189 Å². The van der Waals surface area contributed by atoms with E-state index in [9.17, 15) is 4.79 Å². The normalized spacial score (nSPS) is 11.2. The van der Waals surface area contributed by atoms with Gasteiger partial charge in [0.05, 0.1) is 23.9 Å². The van der Waals surface area contributed by atoms with E-state index in [1.165, 1.54) is 18.2 Å². The van der Waals surface area contributed by atoms with Crippen LogP contribution < -0.4 is 0 Å². The molecule has 4 aromatic rings. The van der Waals surface area contributed by atoms with Crippen LogP contribution in [0.25, 0.3) is 23.1 Å². The number of aromatic nitrogens is 1. The molecule has 0 N–H and O–H groups in total. The van der Waals surface area contributed by atoms with Crippen molar-refractivity contribution in [2.45, 2.75) is 26.2 Å². The smallest absolute Gasteiger partial charge is 0.338 e. The molecule has 1 heterocycles. The van der Waals surface area contributed by atoms with E-state index < -0.39 is 0 Å². The van der Waals surface area contributed by atoms with Crippen molar-refractivity contribution < 1.29 is 9.53 Å². The van der Waals surface area contributed by atoms with Crippen LogP contribution in [0, 0.1) is 6.92 Å². The predicted octanol–water partition coefficient (Wildman–Crippen LogP) is 6.68. The molecule has 0 saturated carbocycles. The van der Waals surface area contributed by atoms with Crippen molar-refractivity contribution in [1.29, 1.82) is 0 Å². The Morgan fingerprint density at radius 3 is 2.62 bits per heavy atom. The first-order valence-corrected chi connectivity index (χ1v) is 10.9. The topological polar surface area (TPSA) is 39.2 Å². The summed E-state index contributed by atoms with van der Waals surface area (Å²) >= 11 is 0. The van der Waals surface area contributed by atoms with E-state index in [0.717, 1.165) is 47.0 Å². The van der Waals surface area contributed by atoms with Crippen LogP contribution in [0.5, 0.6) is 0 Å². The van der Waals surface area contributed by atoms with Gasteiger partial charge in [0.1, 0.15) is 0 Å². The van der Waals surface area contributed by atoms with Crippen molar-refractivity contribution in [3.8, 4) is 0 Å². The number of aryl methyl sites for hydroxylation is 3. The van der Waals surface area contributed by atoms with E-state index in [4.69, 9.17) is 9.72 Å². The molecule has 0 aliphatic rings. The maximum atomic E-state index is 12.0. The molecule has 4 rings (SSSR count). The second-order valence-corrected chi connectivity index (χ2v) is 8.01. The highest BCUT2D eigenvalue weighted by molar-refractivity contribution is 5.91. The van der Waals surface area contributed by atoms with Crippen LogP contribution in [0.1, 0.15) is 44.7 Å². The number of esters is 1. The highest BCUT2D eigenvalue weighted by Gasteiger charge is 2.10. The van der Waals surface area contributed by atoms with Crippen molar-refractivity contribution >= 4 is 29.0 Å². The van der Waals surface area contributed by atoms with E-state index in [1.54, 1.807) is 0 Å². The molecule has 3 nitrogen and oxygen atoms in total. The first kappa shape index (κ1) is 21.5. The summed E-state index contributed by atoms with van der Waals surface area (Å²) < 4.78 is 4.90. The number of rotatable bonds is 7. The van der Waals surface area contributed by atoms with E-state index in [0.29, 0.717) is 5.56 Å². The number of benzene rings is 3. The molecule has 0 saturated heterocycles.